The molecule has 1 aromatic carbocycles. The normalized spacial score (nSPS) is 35.5. The zero-order valence-electron chi connectivity index (χ0n) is 18.9. The zero-order chi connectivity index (χ0) is 20.0. The highest BCUT2D eigenvalue weighted by Gasteiger charge is 2.57. The Morgan fingerprint density at radius 1 is 0.897 bits per heavy atom. The summed E-state index contributed by atoms with van der Waals surface area (Å²) in [5, 5.41) is 0. The first-order valence-electron chi connectivity index (χ1n) is 12.3. The molecule has 0 N–H and O–H groups in total. The molecule has 5 rings (SSSR count). The van der Waals surface area contributed by atoms with E-state index >= 15 is 0 Å². The van der Waals surface area contributed by atoms with Crippen LogP contribution in [0.1, 0.15) is 52.4 Å². The van der Waals surface area contributed by atoms with Crippen molar-refractivity contribution in [1.29, 1.82) is 0 Å². The molecule has 1 aliphatic carbocycles. The van der Waals surface area contributed by atoms with Gasteiger partial charge in [-0.2, -0.15) is 0 Å². The summed E-state index contributed by atoms with van der Waals surface area (Å²) in [4.78, 5) is 8.33. The van der Waals surface area contributed by atoms with Gasteiger partial charge in [0.05, 0.1) is 0 Å². The number of hydrogen-bond acceptors (Lipinski definition) is 3. The highest BCUT2D eigenvalue weighted by molar-refractivity contribution is 5.52. The maximum atomic E-state index is 2.89. The molecule has 3 aliphatic heterocycles. The van der Waals surface area contributed by atoms with Crippen LogP contribution in [0.2, 0.25) is 0 Å². The second-order valence-electron chi connectivity index (χ2n) is 11.0. The second kappa shape index (κ2) is 7.89. The fourth-order valence-corrected chi connectivity index (χ4v) is 7.52. The van der Waals surface area contributed by atoms with Crippen LogP contribution in [0, 0.1) is 23.7 Å². The van der Waals surface area contributed by atoms with E-state index in [0.717, 1.165) is 29.7 Å². The Kier molecular flexibility index (Phi) is 5.41. The van der Waals surface area contributed by atoms with Gasteiger partial charge in [0.15, 0.2) is 0 Å². The van der Waals surface area contributed by atoms with Crippen molar-refractivity contribution in [3.8, 4) is 0 Å². The first-order chi connectivity index (χ1) is 14.1. The van der Waals surface area contributed by atoms with E-state index in [1.54, 1.807) is 0 Å². The Morgan fingerprint density at radius 2 is 1.59 bits per heavy atom. The predicted octanol–water partition coefficient (Wildman–Crippen LogP) is 4.73. The van der Waals surface area contributed by atoms with Crippen molar-refractivity contribution >= 4 is 5.69 Å². The van der Waals surface area contributed by atoms with Crippen molar-refractivity contribution in [2.45, 2.75) is 64.0 Å². The minimum atomic E-state index is 0.391. The molecule has 4 aliphatic rings. The number of nitrogens with zero attached hydrogens (tertiary/aromatic N) is 3. The van der Waals surface area contributed by atoms with Gasteiger partial charge in [-0.3, -0.25) is 0 Å². The Bertz CT molecular complexity index is 670. The molecule has 29 heavy (non-hydrogen) atoms. The molecular formula is C26H41N3. The molecule has 2 atom stereocenters. The van der Waals surface area contributed by atoms with Gasteiger partial charge < -0.3 is 14.7 Å². The molecule has 0 amide bonds. The highest BCUT2D eigenvalue weighted by atomic mass is 15.3. The Morgan fingerprint density at radius 3 is 2.24 bits per heavy atom. The lowest BCUT2D eigenvalue weighted by atomic mass is 9.73. The minimum absolute atomic E-state index is 0.391. The molecule has 1 spiro atoms. The maximum absolute atomic E-state index is 2.89. The van der Waals surface area contributed by atoms with Crippen molar-refractivity contribution in [3.63, 3.8) is 0 Å². The fraction of sp³-hybridized carbons (Fsp3) is 0.769. The van der Waals surface area contributed by atoms with E-state index in [-0.39, 0.29) is 0 Å². The smallest absolute Gasteiger partial charge is 0.0470 e. The van der Waals surface area contributed by atoms with Gasteiger partial charge in [0.2, 0.25) is 0 Å². The average Bonchev–Trinajstić information content (AvgIpc) is 3.25. The fourth-order valence-electron chi connectivity index (χ4n) is 7.52. The molecule has 4 fully saturated rings. The van der Waals surface area contributed by atoms with Gasteiger partial charge in [-0.05, 0) is 75.5 Å². The van der Waals surface area contributed by atoms with Crippen molar-refractivity contribution in [1.82, 2.24) is 9.80 Å². The van der Waals surface area contributed by atoms with Gasteiger partial charge >= 0.3 is 0 Å². The largest absolute Gasteiger partial charge is 0.365 e. The number of hydrogen-bond donors (Lipinski definition) is 0. The molecule has 3 heterocycles. The van der Waals surface area contributed by atoms with Gasteiger partial charge in [0, 0.05) is 55.9 Å². The van der Waals surface area contributed by atoms with Gasteiger partial charge in [-0.15, -0.1) is 0 Å². The van der Waals surface area contributed by atoms with E-state index in [0.29, 0.717) is 5.54 Å². The number of fused-ring (bicyclic) bond motifs is 2. The molecule has 160 valence electrons. The first kappa shape index (κ1) is 19.9. The monoisotopic (exact) mass is 395 g/mol. The van der Waals surface area contributed by atoms with Crippen molar-refractivity contribution in [3.05, 3.63) is 30.3 Å². The number of rotatable bonds is 3. The summed E-state index contributed by atoms with van der Waals surface area (Å²) in [6.07, 6.45) is 8.51. The third-order valence-corrected chi connectivity index (χ3v) is 9.20. The van der Waals surface area contributed by atoms with Gasteiger partial charge in [0.1, 0.15) is 0 Å². The van der Waals surface area contributed by atoms with Gasteiger partial charge in [-0.25, -0.2) is 0 Å². The molecule has 1 saturated carbocycles. The Labute approximate surface area is 178 Å². The molecule has 0 radical (unpaired) electrons. The number of benzene rings is 1. The van der Waals surface area contributed by atoms with Crippen LogP contribution in [0.25, 0.3) is 0 Å². The number of para-hydroxylation sites is 1. The highest BCUT2D eigenvalue weighted by Crippen LogP contribution is 2.51. The summed E-state index contributed by atoms with van der Waals surface area (Å²) in [7, 11) is 2.33. The number of likely N-dealkylation sites (tertiary alicyclic amines) is 2. The first-order valence-corrected chi connectivity index (χ1v) is 12.3. The maximum Gasteiger partial charge on any atom is 0.0470 e. The third-order valence-electron chi connectivity index (χ3n) is 9.20. The van der Waals surface area contributed by atoms with Gasteiger partial charge in [-0.1, -0.05) is 32.0 Å². The molecule has 3 heteroatoms. The van der Waals surface area contributed by atoms with E-state index < -0.39 is 0 Å². The van der Waals surface area contributed by atoms with E-state index in [9.17, 15) is 0 Å². The van der Waals surface area contributed by atoms with Crippen LogP contribution >= 0.6 is 0 Å². The van der Waals surface area contributed by atoms with E-state index in [1.165, 1.54) is 76.9 Å². The molecule has 3 saturated heterocycles. The Hall–Kier alpha value is -1.06. The van der Waals surface area contributed by atoms with Gasteiger partial charge in [0.25, 0.3) is 0 Å². The Balaban J connectivity index is 1.30. The van der Waals surface area contributed by atoms with Crippen LogP contribution in [0.4, 0.5) is 5.69 Å². The number of piperidine rings is 1. The molecule has 0 aromatic heterocycles. The van der Waals surface area contributed by atoms with Crippen molar-refractivity contribution in [2.75, 3.05) is 44.7 Å². The lowest BCUT2D eigenvalue weighted by Crippen LogP contribution is -2.58. The summed E-state index contributed by atoms with van der Waals surface area (Å²) in [5.74, 6) is 3.55. The SMILES string of the molecule is CC(C)C1CCC(N2CCC3(CC2)[C@@H]2CN(C)C[C@H]2CN3c2ccccc2)CC1. The molecule has 0 bridgehead atoms. The third kappa shape index (κ3) is 3.53. The van der Waals surface area contributed by atoms with E-state index in [1.807, 2.05) is 0 Å². The topological polar surface area (TPSA) is 9.72 Å². The quantitative estimate of drug-likeness (QED) is 0.732. The van der Waals surface area contributed by atoms with Crippen LogP contribution in [-0.4, -0.2) is 61.2 Å². The molecule has 3 nitrogen and oxygen atoms in total. The predicted molar refractivity (Wildman–Crippen MR) is 122 cm³/mol. The summed E-state index contributed by atoms with van der Waals surface area (Å²) < 4.78 is 0. The second-order valence-corrected chi connectivity index (χ2v) is 11.0. The van der Waals surface area contributed by atoms with E-state index in [2.05, 4.69) is 65.9 Å². The van der Waals surface area contributed by atoms with Crippen LogP contribution in [0.3, 0.4) is 0 Å². The summed E-state index contributed by atoms with van der Waals surface area (Å²) in [6.45, 7) is 11.3. The lowest BCUT2D eigenvalue weighted by molar-refractivity contribution is 0.0640. The summed E-state index contributed by atoms with van der Waals surface area (Å²) >= 11 is 0. The van der Waals surface area contributed by atoms with Crippen LogP contribution in [-0.2, 0) is 0 Å². The number of anilines is 1. The summed E-state index contributed by atoms with van der Waals surface area (Å²) in [5.41, 5.74) is 1.86. The van der Waals surface area contributed by atoms with Crippen molar-refractivity contribution < 1.29 is 0 Å². The van der Waals surface area contributed by atoms with Crippen LogP contribution < -0.4 is 4.90 Å². The molecular weight excluding hydrogens is 354 g/mol. The zero-order valence-corrected chi connectivity index (χ0v) is 18.9. The lowest BCUT2D eigenvalue weighted by Gasteiger charge is -2.51. The average molecular weight is 396 g/mol. The van der Waals surface area contributed by atoms with E-state index in [4.69, 9.17) is 0 Å². The van der Waals surface area contributed by atoms with Crippen LogP contribution in [0.15, 0.2) is 30.3 Å². The molecule has 0 unspecified atom stereocenters. The standard InChI is InChI=1S/C26H41N3/c1-20(2)21-9-11-23(12-10-21)28-15-13-26(14-16-28)25-19-27(3)17-22(25)18-29(26)24-7-5-4-6-8-24/h4-8,20-23,25H,9-19H2,1-3H3/t21?,22-,23?,25+/m0/s1. The van der Waals surface area contributed by atoms with Crippen LogP contribution in [0.5, 0.6) is 0 Å². The minimum Gasteiger partial charge on any atom is -0.365 e. The van der Waals surface area contributed by atoms with Crippen molar-refractivity contribution in [2.24, 2.45) is 23.7 Å². The summed E-state index contributed by atoms with van der Waals surface area (Å²) in [6, 6.07) is 12.2. The molecule has 1 aromatic rings.